The highest BCUT2D eigenvalue weighted by Crippen LogP contribution is 2.15. The molecule has 1 aliphatic rings. The number of aliphatic imine (C=N–C) groups is 1. The number of nitrogens with zero attached hydrogens (tertiary/aromatic N) is 3. The summed E-state index contributed by atoms with van der Waals surface area (Å²) in [6.07, 6.45) is 2.39. The van der Waals surface area contributed by atoms with Gasteiger partial charge in [-0.25, -0.2) is 0 Å². The molecule has 1 rings (SSSR count). The fraction of sp³-hybridized carbons (Fsp3) is 0.941. The molecule has 0 aromatic rings. The van der Waals surface area contributed by atoms with E-state index < -0.39 is 0 Å². The molecule has 0 spiro atoms. The van der Waals surface area contributed by atoms with Crippen molar-refractivity contribution in [3.63, 3.8) is 0 Å². The Morgan fingerprint density at radius 1 is 1.27 bits per heavy atom. The molecule has 0 radical (unpaired) electrons. The maximum atomic E-state index is 4.39. The predicted octanol–water partition coefficient (Wildman–Crippen LogP) is 1.61. The van der Waals surface area contributed by atoms with Gasteiger partial charge in [-0.15, -0.1) is 0 Å². The van der Waals surface area contributed by atoms with E-state index in [4.69, 9.17) is 0 Å². The fourth-order valence-electron chi connectivity index (χ4n) is 3.18. The molecule has 130 valence electrons. The molecule has 0 atom stereocenters. The molecule has 22 heavy (non-hydrogen) atoms. The number of nitrogens with one attached hydrogen (secondary N) is 2. The van der Waals surface area contributed by atoms with Crippen molar-refractivity contribution in [2.75, 3.05) is 47.3 Å². The second kappa shape index (κ2) is 8.73. The second-order valence-corrected chi connectivity index (χ2v) is 7.88. The predicted molar refractivity (Wildman–Crippen MR) is 96.6 cm³/mol. The molecule has 0 bridgehead atoms. The lowest BCUT2D eigenvalue weighted by molar-refractivity contribution is 0.167. The van der Waals surface area contributed by atoms with Gasteiger partial charge < -0.3 is 20.4 Å². The lowest BCUT2D eigenvalue weighted by Gasteiger charge is -2.36. The zero-order valence-electron chi connectivity index (χ0n) is 15.7. The van der Waals surface area contributed by atoms with Crippen molar-refractivity contribution >= 4 is 5.96 Å². The van der Waals surface area contributed by atoms with Crippen LogP contribution < -0.4 is 10.6 Å². The van der Waals surface area contributed by atoms with E-state index in [1.807, 2.05) is 7.05 Å². The highest BCUT2D eigenvalue weighted by Gasteiger charge is 2.23. The van der Waals surface area contributed by atoms with Crippen molar-refractivity contribution in [2.45, 2.75) is 52.6 Å². The summed E-state index contributed by atoms with van der Waals surface area (Å²) in [5, 5.41) is 7.08. The molecule has 0 amide bonds. The average molecular weight is 312 g/mol. The maximum absolute atomic E-state index is 4.39. The first-order valence-corrected chi connectivity index (χ1v) is 8.59. The largest absolute Gasteiger partial charge is 0.356 e. The number of hydrogen-bond donors (Lipinski definition) is 2. The normalized spacial score (nSPS) is 19.0. The fourth-order valence-corrected chi connectivity index (χ4v) is 3.18. The first-order chi connectivity index (χ1) is 10.2. The van der Waals surface area contributed by atoms with Gasteiger partial charge in [0.25, 0.3) is 0 Å². The summed E-state index contributed by atoms with van der Waals surface area (Å²) < 4.78 is 0. The molecule has 1 aliphatic heterocycles. The van der Waals surface area contributed by atoms with E-state index in [2.05, 4.69) is 67.2 Å². The van der Waals surface area contributed by atoms with E-state index in [0.29, 0.717) is 12.1 Å². The summed E-state index contributed by atoms with van der Waals surface area (Å²) in [4.78, 5) is 9.17. The van der Waals surface area contributed by atoms with E-state index in [1.54, 1.807) is 0 Å². The van der Waals surface area contributed by atoms with Gasteiger partial charge in [-0.1, -0.05) is 13.8 Å². The molecule has 0 aromatic heterocycles. The minimum Gasteiger partial charge on any atom is -0.356 e. The van der Waals surface area contributed by atoms with Gasteiger partial charge in [-0.05, 0) is 46.2 Å². The zero-order chi connectivity index (χ0) is 16.8. The summed E-state index contributed by atoms with van der Waals surface area (Å²) in [5.74, 6) is 0.940. The number of likely N-dealkylation sites (tertiary alicyclic amines) is 1. The van der Waals surface area contributed by atoms with Crippen molar-refractivity contribution in [1.82, 2.24) is 20.4 Å². The molecule has 5 nitrogen and oxygen atoms in total. The van der Waals surface area contributed by atoms with Gasteiger partial charge in [0.1, 0.15) is 0 Å². The van der Waals surface area contributed by atoms with Gasteiger partial charge in [-0.2, -0.15) is 0 Å². The monoisotopic (exact) mass is 311 g/mol. The van der Waals surface area contributed by atoms with Gasteiger partial charge in [0, 0.05) is 45.3 Å². The van der Waals surface area contributed by atoms with E-state index in [-0.39, 0.29) is 5.41 Å². The van der Waals surface area contributed by atoms with Crippen LogP contribution in [0.15, 0.2) is 4.99 Å². The quantitative estimate of drug-likeness (QED) is 0.578. The number of hydrogen-bond acceptors (Lipinski definition) is 3. The minimum absolute atomic E-state index is 0.224. The standard InChI is InChI=1S/C17H37N5/c1-14(2)22-10-8-15(9-11-22)20-16(18-5)19-12-17(3,4)13-21(6)7/h14-15H,8-13H2,1-7H3,(H2,18,19,20). The molecular formula is C17H37N5. The van der Waals surface area contributed by atoms with Gasteiger partial charge in [0.2, 0.25) is 0 Å². The average Bonchev–Trinajstić information content (AvgIpc) is 2.42. The summed E-state index contributed by atoms with van der Waals surface area (Å²) in [6, 6.07) is 1.20. The van der Waals surface area contributed by atoms with Crippen LogP contribution in [0.25, 0.3) is 0 Å². The van der Waals surface area contributed by atoms with E-state index in [0.717, 1.165) is 19.0 Å². The van der Waals surface area contributed by atoms with Crippen LogP contribution in [0.1, 0.15) is 40.5 Å². The van der Waals surface area contributed by atoms with Crippen LogP contribution >= 0.6 is 0 Å². The molecule has 0 aliphatic carbocycles. The molecule has 5 heteroatoms. The van der Waals surface area contributed by atoms with Crippen LogP contribution in [0.5, 0.6) is 0 Å². The zero-order valence-corrected chi connectivity index (χ0v) is 15.7. The van der Waals surface area contributed by atoms with Crippen molar-refractivity contribution in [3.05, 3.63) is 0 Å². The van der Waals surface area contributed by atoms with Gasteiger partial charge in [0.05, 0.1) is 0 Å². The van der Waals surface area contributed by atoms with Crippen molar-refractivity contribution < 1.29 is 0 Å². The Balaban J connectivity index is 2.37. The van der Waals surface area contributed by atoms with Crippen molar-refractivity contribution in [1.29, 1.82) is 0 Å². The minimum atomic E-state index is 0.224. The summed E-state index contributed by atoms with van der Waals surface area (Å²) in [7, 11) is 6.10. The van der Waals surface area contributed by atoms with E-state index in [9.17, 15) is 0 Å². The van der Waals surface area contributed by atoms with Crippen LogP contribution in [-0.2, 0) is 0 Å². The lowest BCUT2D eigenvalue weighted by atomic mass is 9.93. The summed E-state index contributed by atoms with van der Waals surface area (Å²) in [5.41, 5.74) is 0.224. The molecule has 2 N–H and O–H groups in total. The molecule has 0 unspecified atom stereocenters. The lowest BCUT2D eigenvalue weighted by Crippen LogP contribution is -2.51. The highest BCUT2D eigenvalue weighted by atomic mass is 15.2. The number of guanidine groups is 1. The number of piperidine rings is 1. The van der Waals surface area contributed by atoms with Crippen LogP contribution in [0.2, 0.25) is 0 Å². The second-order valence-electron chi connectivity index (χ2n) is 7.88. The van der Waals surface area contributed by atoms with Gasteiger partial charge in [-0.3, -0.25) is 4.99 Å². The first kappa shape index (κ1) is 19.2. The van der Waals surface area contributed by atoms with E-state index in [1.165, 1.54) is 25.9 Å². The van der Waals surface area contributed by atoms with E-state index >= 15 is 0 Å². The Labute approximate surface area is 137 Å². The molecule has 0 aromatic carbocycles. The third kappa shape index (κ3) is 6.97. The molecule has 1 fully saturated rings. The molecule has 1 heterocycles. The van der Waals surface area contributed by atoms with Crippen LogP contribution in [0.3, 0.4) is 0 Å². The topological polar surface area (TPSA) is 42.9 Å². The smallest absolute Gasteiger partial charge is 0.191 e. The Morgan fingerprint density at radius 2 is 1.86 bits per heavy atom. The number of rotatable bonds is 6. The van der Waals surface area contributed by atoms with Crippen LogP contribution in [0, 0.1) is 5.41 Å². The molecule has 0 saturated carbocycles. The van der Waals surface area contributed by atoms with Crippen molar-refractivity contribution in [2.24, 2.45) is 10.4 Å². The van der Waals surface area contributed by atoms with Crippen LogP contribution in [-0.4, -0.2) is 75.2 Å². The maximum Gasteiger partial charge on any atom is 0.191 e. The SMILES string of the molecule is CN=C(NCC(C)(C)CN(C)C)NC1CCN(C(C)C)CC1. The third-order valence-corrected chi connectivity index (χ3v) is 4.30. The Bertz CT molecular complexity index is 341. The summed E-state index contributed by atoms with van der Waals surface area (Å²) >= 11 is 0. The summed E-state index contributed by atoms with van der Waals surface area (Å²) in [6.45, 7) is 13.5. The molecular weight excluding hydrogens is 274 g/mol. The highest BCUT2D eigenvalue weighted by molar-refractivity contribution is 5.80. The van der Waals surface area contributed by atoms with Gasteiger partial charge >= 0.3 is 0 Å². The third-order valence-electron chi connectivity index (χ3n) is 4.30. The van der Waals surface area contributed by atoms with Crippen LogP contribution in [0.4, 0.5) is 0 Å². The van der Waals surface area contributed by atoms with Crippen molar-refractivity contribution in [3.8, 4) is 0 Å². The Kier molecular flexibility index (Phi) is 7.63. The Hall–Kier alpha value is -0.810. The Morgan fingerprint density at radius 3 is 2.32 bits per heavy atom. The first-order valence-electron chi connectivity index (χ1n) is 8.59. The van der Waals surface area contributed by atoms with Gasteiger partial charge in [0.15, 0.2) is 5.96 Å². The molecule has 1 saturated heterocycles.